The molecule has 0 aliphatic carbocycles. The van der Waals surface area contributed by atoms with Gasteiger partial charge in [0.2, 0.25) is 0 Å². The van der Waals surface area contributed by atoms with Crippen LogP contribution >= 0.6 is 0 Å². The summed E-state index contributed by atoms with van der Waals surface area (Å²) in [5.41, 5.74) is 0.734. The van der Waals surface area contributed by atoms with Crippen molar-refractivity contribution in [3.63, 3.8) is 0 Å². The summed E-state index contributed by atoms with van der Waals surface area (Å²) in [6.07, 6.45) is 3.67. The number of benzene rings is 1. The average Bonchev–Trinajstić information content (AvgIpc) is 2.57. The molecule has 6 nitrogen and oxygen atoms in total. The Hall–Kier alpha value is -2.63. The second-order valence-electron chi connectivity index (χ2n) is 5.27. The molecule has 2 heterocycles. The molecule has 3 rings (SSSR count). The molecule has 0 spiro atoms. The number of carbonyl (C=O) groups excluding carboxylic acids is 1. The number of nitrogens with one attached hydrogen (secondary N) is 2. The third-order valence-electron chi connectivity index (χ3n) is 3.60. The van der Waals surface area contributed by atoms with Gasteiger partial charge < -0.3 is 10.2 Å². The maximum Gasteiger partial charge on any atom is 0.324 e. The van der Waals surface area contributed by atoms with E-state index in [0.717, 1.165) is 24.6 Å². The van der Waals surface area contributed by atoms with Gasteiger partial charge in [0.15, 0.2) is 11.6 Å². The van der Waals surface area contributed by atoms with Gasteiger partial charge in [0.05, 0.1) is 0 Å². The third-order valence-corrected chi connectivity index (χ3v) is 3.60. The molecular formula is C16H19N5O. The van der Waals surface area contributed by atoms with Gasteiger partial charge in [-0.15, -0.1) is 10.2 Å². The second-order valence-corrected chi connectivity index (χ2v) is 5.27. The Morgan fingerprint density at radius 3 is 2.36 bits per heavy atom. The van der Waals surface area contributed by atoms with Crippen LogP contribution in [-0.2, 0) is 0 Å². The van der Waals surface area contributed by atoms with Crippen molar-refractivity contribution in [1.29, 1.82) is 0 Å². The van der Waals surface area contributed by atoms with E-state index in [9.17, 15) is 4.79 Å². The zero-order valence-electron chi connectivity index (χ0n) is 12.3. The van der Waals surface area contributed by atoms with Crippen molar-refractivity contribution >= 4 is 23.4 Å². The van der Waals surface area contributed by atoms with E-state index in [1.807, 2.05) is 36.4 Å². The molecule has 1 aromatic carbocycles. The van der Waals surface area contributed by atoms with E-state index >= 15 is 0 Å². The topological polar surface area (TPSA) is 70.2 Å². The van der Waals surface area contributed by atoms with Crippen molar-refractivity contribution in [2.45, 2.75) is 19.3 Å². The van der Waals surface area contributed by atoms with Crippen LogP contribution in [0.2, 0.25) is 0 Å². The Labute approximate surface area is 129 Å². The zero-order valence-corrected chi connectivity index (χ0v) is 12.3. The van der Waals surface area contributed by atoms with Gasteiger partial charge in [-0.25, -0.2) is 4.79 Å². The fourth-order valence-electron chi connectivity index (χ4n) is 2.48. The highest BCUT2D eigenvalue weighted by molar-refractivity contribution is 5.99. The molecule has 1 aliphatic rings. The van der Waals surface area contributed by atoms with Crippen LogP contribution in [-0.4, -0.2) is 29.3 Å². The van der Waals surface area contributed by atoms with Crippen molar-refractivity contribution < 1.29 is 4.79 Å². The maximum atomic E-state index is 11.9. The van der Waals surface area contributed by atoms with E-state index in [1.54, 1.807) is 6.07 Å². The average molecular weight is 297 g/mol. The predicted octanol–water partition coefficient (Wildman–Crippen LogP) is 3.11. The lowest BCUT2D eigenvalue weighted by molar-refractivity contribution is 0.262. The molecule has 0 unspecified atom stereocenters. The van der Waals surface area contributed by atoms with E-state index in [1.165, 1.54) is 19.3 Å². The molecule has 1 aromatic heterocycles. The maximum absolute atomic E-state index is 11.9. The smallest absolute Gasteiger partial charge is 0.324 e. The van der Waals surface area contributed by atoms with Crippen molar-refractivity contribution in [3.8, 4) is 0 Å². The van der Waals surface area contributed by atoms with Crippen LogP contribution in [0.5, 0.6) is 0 Å². The minimum absolute atomic E-state index is 0.328. The molecule has 0 atom stereocenters. The molecule has 0 saturated carbocycles. The zero-order chi connectivity index (χ0) is 15.2. The van der Waals surface area contributed by atoms with E-state index in [2.05, 4.69) is 25.7 Å². The van der Waals surface area contributed by atoms with E-state index in [4.69, 9.17) is 0 Å². The van der Waals surface area contributed by atoms with Crippen LogP contribution in [0.15, 0.2) is 42.5 Å². The predicted molar refractivity (Wildman–Crippen MR) is 87.2 cm³/mol. The van der Waals surface area contributed by atoms with E-state index in [0.29, 0.717) is 5.82 Å². The molecule has 114 valence electrons. The molecular weight excluding hydrogens is 278 g/mol. The Balaban J connectivity index is 1.57. The monoisotopic (exact) mass is 297 g/mol. The molecule has 6 heteroatoms. The summed E-state index contributed by atoms with van der Waals surface area (Å²) in [6.45, 7) is 2.05. The second kappa shape index (κ2) is 6.89. The minimum atomic E-state index is -0.328. The molecule has 22 heavy (non-hydrogen) atoms. The lowest BCUT2D eigenvalue weighted by atomic mass is 10.1. The lowest BCUT2D eigenvalue weighted by Gasteiger charge is -2.27. The third kappa shape index (κ3) is 3.72. The Morgan fingerprint density at radius 2 is 1.68 bits per heavy atom. The lowest BCUT2D eigenvalue weighted by Crippen LogP contribution is -2.30. The molecule has 1 aliphatic heterocycles. The van der Waals surface area contributed by atoms with Gasteiger partial charge >= 0.3 is 6.03 Å². The number of carbonyl (C=O) groups is 1. The first-order valence-corrected chi connectivity index (χ1v) is 7.53. The molecule has 1 fully saturated rings. The van der Waals surface area contributed by atoms with Crippen molar-refractivity contribution in [2.75, 3.05) is 28.6 Å². The fraction of sp³-hybridized carbons (Fsp3) is 0.312. The molecule has 0 bridgehead atoms. The number of piperidine rings is 1. The number of rotatable bonds is 3. The molecule has 2 amide bonds. The molecule has 0 radical (unpaired) electrons. The van der Waals surface area contributed by atoms with Gasteiger partial charge in [-0.05, 0) is 43.5 Å². The van der Waals surface area contributed by atoms with E-state index < -0.39 is 0 Å². The summed E-state index contributed by atoms with van der Waals surface area (Å²) in [4.78, 5) is 14.1. The standard InChI is InChI=1S/C16H19N5O/c22-16(17-13-7-3-1-4-8-13)18-14-9-10-15(20-19-14)21-11-5-2-6-12-21/h1,3-4,7-10H,2,5-6,11-12H2,(H2,17,18,19,22). The summed E-state index contributed by atoms with van der Waals surface area (Å²) in [5, 5.41) is 13.7. The Morgan fingerprint density at radius 1 is 0.909 bits per heavy atom. The number of aromatic nitrogens is 2. The highest BCUT2D eigenvalue weighted by Crippen LogP contribution is 2.17. The first kappa shape index (κ1) is 14.3. The number of anilines is 3. The highest BCUT2D eigenvalue weighted by atomic mass is 16.2. The van der Waals surface area contributed by atoms with Gasteiger partial charge in [0, 0.05) is 18.8 Å². The normalized spacial score (nSPS) is 14.5. The Kier molecular flexibility index (Phi) is 4.48. The summed E-state index contributed by atoms with van der Waals surface area (Å²) >= 11 is 0. The van der Waals surface area contributed by atoms with Crippen molar-refractivity contribution in [1.82, 2.24) is 10.2 Å². The highest BCUT2D eigenvalue weighted by Gasteiger charge is 2.12. The van der Waals surface area contributed by atoms with Crippen LogP contribution in [0.3, 0.4) is 0 Å². The van der Waals surface area contributed by atoms with Crippen molar-refractivity contribution in [2.24, 2.45) is 0 Å². The molecule has 2 N–H and O–H groups in total. The van der Waals surface area contributed by atoms with Gasteiger partial charge in [-0.2, -0.15) is 0 Å². The number of urea groups is 1. The first-order valence-electron chi connectivity index (χ1n) is 7.53. The number of amides is 2. The van der Waals surface area contributed by atoms with Crippen LogP contribution in [0.1, 0.15) is 19.3 Å². The minimum Gasteiger partial charge on any atom is -0.355 e. The van der Waals surface area contributed by atoms with Gasteiger partial charge in [-0.3, -0.25) is 5.32 Å². The van der Waals surface area contributed by atoms with Crippen LogP contribution in [0.25, 0.3) is 0 Å². The van der Waals surface area contributed by atoms with E-state index in [-0.39, 0.29) is 6.03 Å². The number of nitrogens with zero attached hydrogens (tertiary/aromatic N) is 3. The molecule has 1 saturated heterocycles. The van der Waals surface area contributed by atoms with Gasteiger partial charge in [0.1, 0.15) is 0 Å². The summed E-state index contributed by atoms with van der Waals surface area (Å²) < 4.78 is 0. The van der Waals surface area contributed by atoms with Gasteiger partial charge in [0.25, 0.3) is 0 Å². The molecule has 2 aromatic rings. The summed E-state index contributed by atoms with van der Waals surface area (Å²) in [5.74, 6) is 1.31. The van der Waals surface area contributed by atoms with Crippen LogP contribution in [0.4, 0.5) is 22.1 Å². The largest absolute Gasteiger partial charge is 0.355 e. The van der Waals surface area contributed by atoms with Crippen LogP contribution < -0.4 is 15.5 Å². The summed E-state index contributed by atoms with van der Waals surface area (Å²) in [7, 11) is 0. The Bertz CT molecular complexity index is 608. The summed E-state index contributed by atoms with van der Waals surface area (Å²) in [6, 6.07) is 12.6. The fourth-order valence-corrected chi connectivity index (χ4v) is 2.48. The first-order chi connectivity index (χ1) is 10.8. The number of hydrogen-bond donors (Lipinski definition) is 2. The SMILES string of the molecule is O=C(Nc1ccccc1)Nc1ccc(N2CCCCC2)nn1. The van der Waals surface area contributed by atoms with Crippen LogP contribution in [0, 0.1) is 0 Å². The van der Waals surface area contributed by atoms with Gasteiger partial charge in [-0.1, -0.05) is 18.2 Å². The number of para-hydroxylation sites is 1. The van der Waals surface area contributed by atoms with Crippen molar-refractivity contribution in [3.05, 3.63) is 42.5 Å². The quantitative estimate of drug-likeness (QED) is 0.913. The number of hydrogen-bond acceptors (Lipinski definition) is 4.